The fourth-order valence-electron chi connectivity index (χ4n) is 4.16. The van der Waals surface area contributed by atoms with Gasteiger partial charge in [0.25, 0.3) is 0 Å². The SMILES string of the molecule is COc1cc(OC)c(CSC(=O)C[C@H](NC(=O)OCc2ccccc2)C(=O)SCc2c(OC)cc(OC)cc2OC)c(OC)c1. The van der Waals surface area contributed by atoms with E-state index < -0.39 is 17.3 Å². The van der Waals surface area contributed by atoms with Gasteiger partial charge in [0.2, 0.25) is 5.12 Å². The summed E-state index contributed by atoms with van der Waals surface area (Å²) in [5.74, 6) is 3.31. The number of alkyl carbamates (subject to hydrolysis) is 1. The zero-order valence-electron chi connectivity index (χ0n) is 26.0. The van der Waals surface area contributed by atoms with E-state index in [0.717, 1.165) is 29.1 Å². The quantitative estimate of drug-likeness (QED) is 0.204. The average molecular weight is 660 g/mol. The van der Waals surface area contributed by atoms with E-state index in [1.807, 2.05) is 30.3 Å². The third-order valence-electron chi connectivity index (χ3n) is 6.53. The molecule has 0 saturated heterocycles. The molecule has 0 unspecified atom stereocenters. The summed E-state index contributed by atoms with van der Waals surface area (Å²) in [6.07, 6.45) is -1.11. The molecule has 0 aliphatic heterocycles. The monoisotopic (exact) mass is 659 g/mol. The molecule has 13 heteroatoms. The third-order valence-corrected chi connectivity index (χ3v) is 8.45. The molecule has 3 rings (SSSR count). The van der Waals surface area contributed by atoms with Crippen molar-refractivity contribution < 1.29 is 47.5 Å². The topological polar surface area (TPSA) is 128 Å². The Morgan fingerprint density at radius 3 is 1.58 bits per heavy atom. The second-order valence-electron chi connectivity index (χ2n) is 9.25. The summed E-state index contributed by atoms with van der Waals surface area (Å²) in [6.45, 7) is 0.000722. The normalized spacial score (nSPS) is 11.2. The molecule has 1 amide bonds. The number of methoxy groups -OCH3 is 6. The predicted octanol–water partition coefficient (Wildman–Crippen LogP) is 5.64. The number of ether oxygens (including phenoxy) is 7. The minimum atomic E-state index is -1.17. The van der Waals surface area contributed by atoms with E-state index in [1.165, 1.54) is 42.7 Å². The van der Waals surface area contributed by atoms with E-state index in [9.17, 15) is 14.4 Å². The van der Waals surface area contributed by atoms with E-state index in [1.54, 1.807) is 24.3 Å². The van der Waals surface area contributed by atoms with E-state index in [0.29, 0.717) is 45.6 Å². The Labute approximate surface area is 271 Å². The molecule has 0 aliphatic rings. The first-order chi connectivity index (χ1) is 21.8. The number of hydrogen-bond donors (Lipinski definition) is 1. The van der Waals surface area contributed by atoms with Crippen LogP contribution in [0.15, 0.2) is 54.6 Å². The van der Waals surface area contributed by atoms with Crippen LogP contribution in [0.3, 0.4) is 0 Å². The smallest absolute Gasteiger partial charge is 0.408 e. The number of rotatable bonds is 16. The molecule has 0 spiro atoms. The maximum Gasteiger partial charge on any atom is 0.408 e. The van der Waals surface area contributed by atoms with E-state index in [2.05, 4.69) is 5.32 Å². The number of nitrogens with one attached hydrogen (secondary N) is 1. The molecule has 0 heterocycles. The average Bonchev–Trinajstić information content (AvgIpc) is 3.07. The fraction of sp³-hybridized carbons (Fsp3) is 0.344. The maximum absolute atomic E-state index is 13.5. The lowest BCUT2D eigenvalue weighted by Gasteiger charge is -2.18. The van der Waals surface area contributed by atoms with Crippen molar-refractivity contribution in [1.29, 1.82) is 0 Å². The van der Waals surface area contributed by atoms with E-state index in [4.69, 9.17) is 33.2 Å². The van der Waals surface area contributed by atoms with E-state index in [-0.39, 0.29) is 29.6 Å². The highest BCUT2D eigenvalue weighted by Crippen LogP contribution is 2.38. The molecule has 0 bridgehead atoms. The summed E-state index contributed by atoms with van der Waals surface area (Å²) in [6, 6.07) is 14.7. The molecule has 0 radical (unpaired) electrons. The largest absolute Gasteiger partial charge is 0.496 e. The molecular weight excluding hydrogens is 622 g/mol. The molecule has 1 N–H and O–H groups in total. The molecule has 3 aromatic rings. The number of carbonyl (C=O) groups is 3. The Balaban J connectivity index is 1.76. The maximum atomic E-state index is 13.5. The van der Waals surface area contributed by atoms with E-state index >= 15 is 0 Å². The van der Waals surface area contributed by atoms with Crippen molar-refractivity contribution in [2.75, 3.05) is 42.7 Å². The van der Waals surface area contributed by atoms with Gasteiger partial charge in [-0.2, -0.15) is 0 Å². The first kappa shape index (κ1) is 35.3. The second-order valence-corrected chi connectivity index (χ2v) is 11.3. The van der Waals surface area contributed by atoms with Crippen molar-refractivity contribution in [3.05, 3.63) is 71.3 Å². The molecule has 0 aromatic heterocycles. The Kier molecular flexibility index (Phi) is 14.0. The van der Waals surface area contributed by atoms with Gasteiger partial charge in [0.15, 0.2) is 5.12 Å². The van der Waals surface area contributed by atoms with Gasteiger partial charge in [-0.25, -0.2) is 4.79 Å². The summed E-state index contributed by atoms with van der Waals surface area (Å²) in [5, 5.41) is 1.79. The van der Waals surface area contributed by atoms with Gasteiger partial charge < -0.3 is 38.5 Å². The molecule has 45 heavy (non-hydrogen) atoms. The Bertz CT molecular complexity index is 1400. The number of carbonyl (C=O) groups excluding carboxylic acids is 3. The van der Waals surface area contributed by atoms with Crippen molar-refractivity contribution in [2.24, 2.45) is 0 Å². The van der Waals surface area contributed by atoms with Crippen molar-refractivity contribution >= 4 is 39.8 Å². The van der Waals surface area contributed by atoms with Gasteiger partial charge in [-0.3, -0.25) is 9.59 Å². The van der Waals surface area contributed by atoms with Crippen LogP contribution in [0.25, 0.3) is 0 Å². The molecule has 3 aromatic carbocycles. The first-order valence-corrected chi connectivity index (χ1v) is 15.6. The van der Waals surface area contributed by atoms with Crippen LogP contribution in [0, 0.1) is 0 Å². The molecule has 1 atom stereocenters. The van der Waals surface area contributed by atoms with Gasteiger partial charge in [0.1, 0.15) is 47.1 Å². The van der Waals surface area contributed by atoms with Crippen molar-refractivity contribution in [3.8, 4) is 34.5 Å². The third kappa shape index (κ3) is 10.1. The van der Waals surface area contributed by atoms with Crippen LogP contribution in [0.1, 0.15) is 23.1 Å². The van der Waals surface area contributed by atoms with Crippen LogP contribution in [-0.4, -0.2) is 65.0 Å². The summed E-state index contributed by atoms with van der Waals surface area (Å²) in [4.78, 5) is 39.5. The highest BCUT2D eigenvalue weighted by Gasteiger charge is 2.27. The highest BCUT2D eigenvalue weighted by molar-refractivity contribution is 8.13. The van der Waals surface area contributed by atoms with Gasteiger partial charge in [-0.15, -0.1) is 0 Å². The van der Waals surface area contributed by atoms with Crippen molar-refractivity contribution in [3.63, 3.8) is 0 Å². The molecular formula is C32H37NO10S2. The van der Waals surface area contributed by atoms with Gasteiger partial charge in [-0.05, 0) is 5.56 Å². The Hall–Kier alpha value is -4.23. The number of thioether (sulfide) groups is 2. The van der Waals surface area contributed by atoms with Crippen LogP contribution in [0.4, 0.5) is 4.79 Å². The summed E-state index contributed by atoms with van der Waals surface area (Å²) < 4.78 is 37.9. The molecule has 11 nitrogen and oxygen atoms in total. The number of amides is 1. The Morgan fingerprint density at radius 2 is 1.13 bits per heavy atom. The van der Waals surface area contributed by atoms with Gasteiger partial charge in [0, 0.05) is 53.3 Å². The van der Waals surface area contributed by atoms with Crippen LogP contribution >= 0.6 is 23.5 Å². The lowest BCUT2D eigenvalue weighted by Crippen LogP contribution is -2.41. The standard InChI is InChI=1S/C32H37NO10S2/c1-37-21-12-26(39-3)23(27(13-21)40-4)18-44-30(34)16-25(33-32(36)43-17-20-10-8-7-9-11-20)31(35)45-19-24-28(41-5)14-22(38-2)15-29(24)42-6/h7-15,25H,16-19H2,1-6H3,(H,33,36)/t25-/m0/s1. The fourth-order valence-corrected chi connectivity index (χ4v) is 5.95. The number of hydrogen-bond acceptors (Lipinski definition) is 12. The second kappa shape index (κ2) is 17.9. The van der Waals surface area contributed by atoms with Crippen LogP contribution in [-0.2, 0) is 32.4 Å². The summed E-state index contributed by atoms with van der Waals surface area (Å²) in [5.41, 5.74) is 2.03. The van der Waals surface area contributed by atoms with Crippen LogP contribution in [0.2, 0.25) is 0 Å². The zero-order valence-corrected chi connectivity index (χ0v) is 27.6. The first-order valence-electron chi connectivity index (χ1n) is 13.6. The van der Waals surface area contributed by atoms with Gasteiger partial charge in [0.05, 0.1) is 42.7 Å². The summed E-state index contributed by atoms with van der Waals surface area (Å²) in [7, 11) is 9.07. The van der Waals surface area contributed by atoms with Gasteiger partial charge >= 0.3 is 6.09 Å². The van der Waals surface area contributed by atoms with Gasteiger partial charge in [-0.1, -0.05) is 53.9 Å². The number of benzene rings is 3. The van der Waals surface area contributed by atoms with Crippen LogP contribution in [0.5, 0.6) is 34.5 Å². The highest BCUT2D eigenvalue weighted by atomic mass is 32.2. The lowest BCUT2D eigenvalue weighted by atomic mass is 10.2. The minimum absolute atomic E-state index is 0.000722. The molecule has 0 aliphatic carbocycles. The molecule has 0 saturated carbocycles. The molecule has 242 valence electrons. The van der Waals surface area contributed by atoms with Crippen LogP contribution < -0.4 is 33.7 Å². The zero-order chi connectivity index (χ0) is 32.8. The molecule has 0 fully saturated rings. The summed E-state index contributed by atoms with van der Waals surface area (Å²) >= 11 is 1.88. The lowest BCUT2D eigenvalue weighted by molar-refractivity contribution is -0.117. The van der Waals surface area contributed by atoms with Crippen molar-refractivity contribution in [1.82, 2.24) is 5.32 Å². The predicted molar refractivity (Wildman–Crippen MR) is 173 cm³/mol. The Morgan fingerprint density at radius 1 is 0.667 bits per heavy atom. The van der Waals surface area contributed by atoms with Crippen molar-refractivity contribution in [2.45, 2.75) is 30.6 Å². The minimum Gasteiger partial charge on any atom is -0.496 e.